The molecule has 3 heteroatoms. The minimum Gasteiger partial charge on any atom is -0.494 e. The van der Waals surface area contributed by atoms with E-state index in [0.29, 0.717) is 12.2 Å². The molecule has 0 saturated heterocycles. The van der Waals surface area contributed by atoms with Gasteiger partial charge in [-0.2, -0.15) is 0 Å². The van der Waals surface area contributed by atoms with E-state index >= 15 is 0 Å². The molecule has 0 saturated carbocycles. The number of hydrogen-bond acceptors (Lipinski definition) is 2. The van der Waals surface area contributed by atoms with Gasteiger partial charge in [0.2, 0.25) is 0 Å². The fourth-order valence-electron chi connectivity index (χ4n) is 1.36. The molecular formula is C12H17NO2. The molecule has 0 radical (unpaired) electrons. The van der Waals surface area contributed by atoms with Gasteiger partial charge in [0.05, 0.1) is 6.61 Å². The monoisotopic (exact) mass is 207 g/mol. The Hall–Kier alpha value is -1.51. The van der Waals surface area contributed by atoms with Crippen molar-refractivity contribution in [3.63, 3.8) is 0 Å². The number of aryl methyl sites for hydroxylation is 1. The first kappa shape index (κ1) is 11.6. The molecular weight excluding hydrogens is 190 g/mol. The minimum atomic E-state index is 0.0150. The average Bonchev–Trinajstić information content (AvgIpc) is 2.20. The van der Waals surface area contributed by atoms with Crippen LogP contribution in [0, 0.1) is 6.92 Å². The summed E-state index contributed by atoms with van der Waals surface area (Å²) in [5, 5.41) is 0. The van der Waals surface area contributed by atoms with Crippen LogP contribution >= 0.6 is 0 Å². The molecule has 1 aromatic rings. The van der Waals surface area contributed by atoms with Gasteiger partial charge >= 0.3 is 0 Å². The van der Waals surface area contributed by atoms with Gasteiger partial charge in [-0.25, -0.2) is 0 Å². The van der Waals surface area contributed by atoms with Crippen molar-refractivity contribution >= 4 is 5.91 Å². The van der Waals surface area contributed by atoms with Gasteiger partial charge in [0.25, 0.3) is 5.91 Å². The van der Waals surface area contributed by atoms with E-state index in [0.717, 1.165) is 11.3 Å². The molecule has 3 nitrogen and oxygen atoms in total. The van der Waals surface area contributed by atoms with Gasteiger partial charge in [0.15, 0.2) is 0 Å². The van der Waals surface area contributed by atoms with E-state index in [1.807, 2.05) is 26.0 Å². The lowest BCUT2D eigenvalue weighted by atomic mass is 10.1. The van der Waals surface area contributed by atoms with Crippen LogP contribution in [0.3, 0.4) is 0 Å². The van der Waals surface area contributed by atoms with E-state index in [9.17, 15) is 4.79 Å². The van der Waals surface area contributed by atoms with E-state index in [2.05, 4.69) is 0 Å². The third-order valence-corrected chi connectivity index (χ3v) is 2.13. The van der Waals surface area contributed by atoms with Gasteiger partial charge < -0.3 is 9.64 Å². The van der Waals surface area contributed by atoms with Gasteiger partial charge in [-0.1, -0.05) is 0 Å². The van der Waals surface area contributed by atoms with Crippen LogP contribution in [0.15, 0.2) is 18.2 Å². The van der Waals surface area contributed by atoms with Crippen LogP contribution in [0.1, 0.15) is 22.8 Å². The van der Waals surface area contributed by atoms with E-state index in [1.165, 1.54) is 0 Å². The molecule has 0 bridgehead atoms. The lowest BCUT2D eigenvalue weighted by Crippen LogP contribution is -2.21. The maximum absolute atomic E-state index is 11.7. The summed E-state index contributed by atoms with van der Waals surface area (Å²) in [4.78, 5) is 13.2. The second kappa shape index (κ2) is 4.82. The van der Waals surface area contributed by atoms with Crippen LogP contribution < -0.4 is 4.74 Å². The number of benzene rings is 1. The fraction of sp³-hybridized carbons (Fsp3) is 0.417. The zero-order valence-electron chi connectivity index (χ0n) is 9.70. The Balaban J connectivity index is 2.96. The smallest absolute Gasteiger partial charge is 0.253 e. The summed E-state index contributed by atoms with van der Waals surface area (Å²) < 4.78 is 5.41. The number of amides is 1. The molecule has 1 aromatic carbocycles. The van der Waals surface area contributed by atoms with Crippen LogP contribution in [-0.2, 0) is 0 Å². The quantitative estimate of drug-likeness (QED) is 0.759. The summed E-state index contributed by atoms with van der Waals surface area (Å²) in [6.45, 7) is 4.53. The topological polar surface area (TPSA) is 29.5 Å². The number of hydrogen-bond donors (Lipinski definition) is 0. The highest BCUT2D eigenvalue weighted by atomic mass is 16.5. The average molecular weight is 207 g/mol. The maximum Gasteiger partial charge on any atom is 0.253 e. The molecule has 0 aliphatic heterocycles. The predicted octanol–water partition coefficient (Wildman–Crippen LogP) is 2.10. The molecule has 1 rings (SSSR count). The minimum absolute atomic E-state index is 0.0150. The SMILES string of the molecule is CCOc1ccc(C(=O)N(C)C)cc1C. The largest absolute Gasteiger partial charge is 0.494 e. The van der Waals surface area contributed by atoms with Crippen LogP contribution in [0.4, 0.5) is 0 Å². The summed E-state index contributed by atoms with van der Waals surface area (Å²) in [5.74, 6) is 0.856. The molecule has 0 heterocycles. The Bertz CT molecular complexity index is 359. The Morgan fingerprint density at radius 2 is 2.07 bits per heavy atom. The van der Waals surface area contributed by atoms with Crippen molar-refractivity contribution in [3.8, 4) is 5.75 Å². The fourth-order valence-corrected chi connectivity index (χ4v) is 1.36. The van der Waals surface area contributed by atoms with Crippen molar-refractivity contribution in [2.75, 3.05) is 20.7 Å². The van der Waals surface area contributed by atoms with Crippen molar-refractivity contribution in [2.45, 2.75) is 13.8 Å². The highest BCUT2D eigenvalue weighted by molar-refractivity contribution is 5.94. The van der Waals surface area contributed by atoms with Gasteiger partial charge in [0, 0.05) is 19.7 Å². The van der Waals surface area contributed by atoms with Gasteiger partial charge in [-0.3, -0.25) is 4.79 Å². The molecule has 0 fully saturated rings. The Morgan fingerprint density at radius 3 is 2.53 bits per heavy atom. The number of rotatable bonds is 3. The molecule has 0 N–H and O–H groups in total. The van der Waals surface area contributed by atoms with Crippen LogP contribution in [-0.4, -0.2) is 31.5 Å². The first-order valence-corrected chi connectivity index (χ1v) is 5.01. The van der Waals surface area contributed by atoms with Crippen molar-refractivity contribution in [1.82, 2.24) is 4.90 Å². The summed E-state index contributed by atoms with van der Waals surface area (Å²) in [7, 11) is 3.49. The molecule has 0 aliphatic carbocycles. The number of ether oxygens (including phenoxy) is 1. The summed E-state index contributed by atoms with van der Waals surface area (Å²) in [6.07, 6.45) is 0. The van der Waals surface area contributed by atoms with Gasteiger partial charge in [-0.05, 0) is 37.6 Å². The molecule has 0 unspecified atom stereocenters. The van der Waals surface area contributed by atoms with E-state index in [-0.39, 0.29) is 5.91 Å². The summed E-state index contributed by atoms with van der Waals surface area (Å²) in [5.41, 5.74) is 1.69. The Labute approximate surface area is 90.7 Å². The van der Waals surface area contributed by atoms with Crippen molar-refractivity contribution in [2.24, 2.45) is 0 Å². The molecule has 1 amide bonds. The Morgan fingerprint density at radius 1 is 1.40 bits per heavy atom. The molecule has 0 spiro atoms. The van der Waals surface area contributed by atoms with Gasteiger partial charge in [-0.15, -0.1) is 0 Å². The lowest BCUT2D eigenvalue weighted by molar-refractivity contribution is 0.0827. The van der Waals surface area contributed by atoms with E-state index < -0.39 is 0 Å². The molecule has 15 heavy (non-hydrogen) atoms. The molecule has 82 valence electrons. The zero-order chi connectivity index (χ0) is 11.4. The normalized spacial score (nSPS) is 9.87. The molecule has 0 atom stereocenters. The predicted molar refractivity (Wildman–Crippen MR) is 60.4 cm³/mol. The zero-order valence-corrected chi connectivity index (χ0v) is 9.70. The second-order valence-corrected chi connectivity index (χ2v) is 3.61. The van der Waals surface area contributed by atoms with Crippen LogP contribution in [0.25, 0.3) is 0 Å². The van der Waals surface area contributed by atoms with E-state index in [4.69, 9.17) is 4.74 Å². The first-order chi connectivity index (χ1) is 7.06. The van der Waals surface area contributed by atoms with Crippen molar-refractivity contribution < 1.29 is 9.53 Å². The second-order valence-electron chi connectivity index (χ2n) is 3.61. The third-order valence-electron chi connectivity index (χ3n) is 2.13. The summed E-state index contributed by atoms with van der Waals surface area (Å²) in [6, 6.07) is 5.49. The lowest BCUT2D eigenvalue weighted by Gasteiger charge is -2.12. The van der Waals surface area contributed by atoms with E-state index in [1.54, 1.807) is 25.1 Å². The molecule has 0 aromatic heterocycles. The maximum atomic E-state index is 11.7. The highest BCUT2D eigenvalue weighted by Crippen LogP contribution is 2.19. The Kier molecular flexibility index (Phi) is 3.72. The number of nitrogens with zero attached hydrogens (tertiary/aromatic N) is 1. The van der Waals surface area contributed by atoms with Crippen LogP contribution in [0.5, 0.6) is 5.75 Å². The number of carbonyl (C=O) groups excluding carboxylic acids is 1. The summed E-state index contributed by atoms with van der Waals surface area (Å²) >= 11 is 0. The van der Waals surface area contributed by atoms with Crippen LogP contribution in [0.2, 0.25) is 0 Å². The third kappa shape index (κ3) is 2.72. The molecule has 0 aliphatic rings. The van der Waals surface area contributed by atoms with Crippen molar-refractivity contribution in [1.29, 1.82) is 0 Å². The highest BCUT2D eigenvalue weighted by Gasteiger charge is 2.09. The van der Waals surface area contributed by atoms with Crippen molar-refractivity contribution in [3.05, 3.63) is 29.3 Å². The number of carbonyl (C=O) groups is 1. The first-order valence-electron chi connectivity index (χ1n) is 5.01. The van der Waals surface area contributed by atoms with Gasteiger partial charge in [0.1, 0.15) is 5.75 Å². The standard InChI is InChI=1S/C12H17NO2/c1-5-15-11-7-6-10(8-9(11)2)12(14)13(3)4/h6-8H,5H2,1-4H3.